The molecule has 0 heterocycles. The van der Waals surface area contributed by atoms with Crippen LogP contribution in [-0.4, -0.2) is 21.4 Å². The number of amides is 1. The summed E-state index contributed by atoms with van der Waals surface area (Å²) in [6, 6.07) is 18.8. The third-order valence-electron chi connectivity index (χ3n) is 4.60. The molecule has 3 aromatic rings. The maximum Gasteiger partial charge on any atom is 0.261 e. The minimum atomic E-state index is -3.73. The molecule has 0 aromatic heterocycles. The number of carbonyl (C=O) groups excluding carboxylic acids is 1. The Morgan fingerprint density at radius 1 is 0.935 bits per heavy atom. The molecule has 0 radical (unpaired) electrons. The minimum absolute atomic E-state index is 0.110. The smallest absolute Gasteiger partial charge is 0.261 e. The van der Waals surface area contributed by atoms with Crippen molar-refractivity contribution in [2.45, 2.75) is 18.7 Å². The summed E-state index contributed by atoms with van der Waals surface area (Å²) in [5.74, 6) is 0.420. The van der Waals surface area contributed by atoms with Crippen LogP contribution < -0.4 is 14.8 Å². The molecule has 0 atom stereocenters. The zero-order valence-corrected chi connectivity index (χ0v) is 18.4. The number of sulfonamides is 1. The highest BCUT2D eigenvalue weighted by molar-refractivity contribution is 7.92. The topological polar surface area (TPSA) is 84.5 Å². The molecular weight excluding hydrogens is 412 g/mol. The molecule has 160 valence electrons. The first-order chi connectivity index (χ1) is 14.8. The van der Waals surface area contributed by atoms with E-state index in [2.05, 4.69) is 10.0 Å². The maximum atomic E-state index is 12.7. The molecule has 2 N–H and O–H groups in total. The first-order valence-electron chi connectivity index (χ1n) is 9.60. The Hall–Kier alpha value is -3.58. The SMILES string of the molecule is COc1ccc(/C=C/C(=O)Nc2ccc(S(=O)(=O)Nc3ccc(C)cc3C)cc2)cc1. The fourth-order valence-electron chi connectivity index (χ4n) is 2.92. The first kappa shape index (κ1) is 22.1. The average Bonchev–Trinajstić information content (AvgIpc) is 2.75. The van der Waals surface area contributed by atoms with Crippen LogP contribution in [0.4, 0.5) is 11.4 Å². The van der Waals surface area contributed by atoms with Crippen molar-refractivity contribution in [3.8, 4) is 5.75 Å². The van der Waals surface area contributed by atoms with Crippen molar-refractivity contribution < 1.29 is 17.9 Å². The van der Waals surface area contributed by atoms with Crippen LogP contribution in [0.2, 0.25) is 0 Å². The molecule has 0 bridgehead atoms. The van der Waals surface area contributed by atoms with E-state index in [1.54, 1.807) is 31.4 Å². The average molecular weight is 437 g/mol. The van der Waals surface area contributed by atoms with Gasteiger partial charge in [-0.15, -0.1) is 0 Å². The number of rotatable bonds is 7. The molecule has 0 fully saturated rings. The Bertz CT molecular complexity index is 1200. The van der Waals surface area contributed by atoms with Gasteiger partial charge < -0.3 is 10.1 Å². The van der Waals surface area contributed by atoms with Crippen LogP contribution >= 0.6 is 0 Å². The number of carbonyl (C=O) groups is 1. The summed E-state index contributed by atoms with van der Waals surface area (Å²) in [5, 5.41) is 2.71. The van der Waals surface area contributed by atoms with Gasteiger partial charge in [-0.2, -0.15) is 0 Å². The standard InChI is InChI=1S/C24H24N2O4S/c1-17-4-14-23(18(2)16-17)26-31(28,29)22-12-8-20(9-13-22)25-24(27)15-7-19-5-10-21(30-3)11-6-19/h4-16,26H,1-3H3,(H,25,27)/b15-7+. The Morgan fingerprint density at radius 3 is 2.23 bits per heavy atom. The molecule has 3 rings (SSSR count). The van der Waals surface area contributed by atoms with Crippen molar-refractivity contribution in [2.75, 3.05) is 17.1 Å². The summed E-state index contributed by atoms with van der Waals surface area (Å²) in [5.41, 5.74) is 3.79. The molecule has 0 saturated carbocycles. The molecule has 1 amide bonds. The lowest BCUT2D eigenvalue weighted by molar-refractivity contribution is -0.111. The van der Waals surface area contributed by atoms with Gasteiger partial charge in [0.25, 0.3) is 10.0 Å². The van der Waals surface area contributed by atoms with Crippen LogP contribution in [0.5, 0.6) is 5.75 Å². The molecule has 0 saturated heterocycles. The van der Waals surface area contributed by atoms with Crippen molar-refractivity contribution in [3.05, 3.63) is 89.5 Å². The van der Waals surface area contributed by atoms with E-state index in [-0.39, 0.29) is 10.8 Å². The van der Waals surface area contributed by atoms with Crippen molar-refractivity contribution in [1.82, 2.24) is 0 Å². The van der Waals surface area contributed by atoms with Gasteiger partial charge in [-0.05, 0) is 73.5 Å². The highest BCUT2D eigenvalue weighted by Gasteiger charge is 2.15. The van der Waals surface area contributed by atoms with Crippen LogP contribution in [0.1, 0.15) is 16.7 Å². The van der Waals surface area contributed by atoms with Crippen LogP contribution in [0, 0.1) is 13.8 Å². The summed E-state index contributed by atoms with van der Waals surface area (Å²) in [6.45, 7) is 3.80. The molecule has 7 heteroatoms. The number of hydrogen-bond donors (Lipinski definition) is 2. The van der Waals surface area contributed by atoms with E-state index in [0.29, 0.717) is 11.4 Å². The second-order valence-electron chi connectivity index (χ2n) is 7.04. The number of anilines is 2. The van der Waals surface area contributed by atoms with Gasteiger partial charge in [-0.1, -0.05) is 29.8 Å². The summed E-state index contributed by atoms with van der Waals surface area (Å²) < 4.78 is 33.0. The van der Waals surface area contributed by atoms with E-state index in [0.717, 1.165) is 22.4 Å². The van der Waals surface area contributed by atoms with E-state index >= 15 is 0 Å². The van der Waals surface area contributed by atoms with Gasteiger partial charge in [-0.25, -0.2) is 8.42 Å². The minimum Gasteiger partial charge on any atom is -0.497 e. The third kappa shape index (κ3) is 5.96. The molecule has 0 aliphatic rings. The van der Waals surface area contributed by atoms with Gasteiger partial charge in [0.15, 0.2) is 0 Å². The number of ether oxygens (including phenoxy) is 1. The Kier molecular flexibility index (Phi) is 6.77. The molecule has 0 unspecified atom stereocenters. The second kappa shape index (κ2) is 9.49. The Balaban J connectivity index is 1.64. The second-order valence-corrected chi connectivity index (χ2v) is 8.73. The lowest BCUT2D eigenvalue weighted by Gasteiger charge is -2.11. The van der Waals surface area contributed by atoms with Crippen LogP contribution in [0.3, 0.4) is 0 Å². The molecule has 0 spiro atoms. The Morgan fingerprint density at radius 2 is 1.61 bits per heavy atom. The van der Waals surface area contributed by atoms with Gasteiger partial charge in [0, 0.05) is 11.8 Å². The van der Waals surface area contributed by atoms with Crippen molar-refractivity contribution in [2.24, 2.45) is 0 Å². The highest BCUT2D eigenvalue weighted by Crippen LogP contribution is 2.22. The Labute approximate surface area is 182 Å². The molecule has 0 aliphatic heterocycles. The van der Waals surface area contributed by atoms with Gasteiger partial charge in [0.1, 0.15) is 5.75 Å². The summed E-state index contributed by atoms with van der Waals surface area (Å²) in [7, 11) is -2.14. The van der Waals surface area contributed by atoms with Crippen molar-refractivity contribution in [1.29, 1.82) is 0 Å². The van der Waals surface area contributed by atoms with Gasteiger partial charge in [0.05, 0.1) is 17.7 Å². The summed E-state index contributed by atoms with van der Waals surface area (Å²) >= 11 is 0. The fourth-order valence-corrected chi connectivity index (χ4v) is 4.05. The number of methoxy groups -OCH3 is 1. The molecule has 31 heavy (non-hydrogen) atoms. The van der Waals surface area contributed by atoms with E-state index in [4.69, 9.17) is 4.74 Å². The quantitative estimate of drug-likeness (QED) is 0.523. The van der Waals surface area contributed by atoms with Gasteiger partial charge >= 0.3 is 0 Å². The van der Waals surface area contributed by atoms with Crippen LogP contribution in [0.15, 0.2) is 77.7 Å². The zero-order valence-electron chi connectivity index (χ0n) is 17.5. The highest BCUT2D eigenvalue weighted by atomic mass is 32.2. The van der Waals surface area contributed by atoms with E-state index in [1.165, 1.54) is 18.2 Å². The molecule has 6 nitrogen and oxygen atoms in total. The molecule has 3 aromatic carbocycles. The number of nitrogens with one attached hydrogen (secondary N) is 2. The largest absolute Gasteiger partial charge is 0.497 e. The van der Waals surface area contributed by atoms with Crippen molar-refractivity contribution in [3.63, 3.8) is 0 Å². The lowest BCUT2D eigenvalue weighted by Crippen LogP contribution is -2.14. The summed E-state index contributed by atoms with van der Waals surface area (Å²) in [4.78, 5) is 12.3. The van der Waals surface area contributed by atoms with Crippen molar-refractivity contribution >= 4 is 33.4 Å². The normalized spacial score (nSPS) is 11.3. The van der Waals surface area contributed by atoms with Crippen LogP contribution in [0.25, 0.3) is 6.08 Å². The van der Waals surface area contributed by atoms with Gasteiger partial charge in [0.2, 0.25) is 5.91 Å². The fraction of sp³-hybridized carbons (Fsp3) is 0.125. The van der Waals surface area contributed by atoms with E-state index in [9.17, 15) is 13.2 Å². The molecular formula is C24H24N2O4S. The first-order valence-corrected chi connectivity index (χ1v) is 11.1. The summed E-state index contributed by atoms with van der Waals surface area (Å²) in [6.07, 6.45) is 3.09. The zero-order chi connectivity index (χ0) is 22.4. The predicted molar refractivity (Wildman–Crippen MR) is 124 cm³/mol. The number of aryl methyl sites for hydroxylation is 2. The van der Waals surface area contributed by atoms with Crippen LogP contribution in [-0.2, 0) is 14.8 Å². The third-order valence-corrected chi connectivity index (χ3v) is 5.98. The predicted octanol–water partition coefficient (Wildman–Crippen LogP) is 4.76. The number of benzene rings is 3. The maximum absolute atomic E-state index is 12.7. The number of hydrogen-bond acceptors (Lipinski definition) is 4. The van der Waals surface area contributed by atoms with E-state index in [1.807, 2.05) is 50.2 Å². The lowest BCUT2D eigenvalue weighted by atomic mass is 10.1. The monoisotopic (exact) mass is 436 g/mol. The molecule has 0 aliphatic carbocycles. The van der Waals surface area contributed by atoms with E-state index < -0.39 is 10.0 Å². The van der Waals surface area contributed by atoms with Gasteiger partial charge in [-0.3, -0.25) is 9.52 Å².